The van der Waals surface area contributed by atoms with Gasteiger partial charge in [0.2, 0.25) is 0 Å². The Kier molecular flexibility index (Phi) is 4.67. The Balaban J connectivity index is 3.30. The number of Topliss-reactive ketones (excluding diaryl/α,β-unsaturated/α-hetero) is 1. The van der Waals surface area contributed by atoms with Gasteiger partial charge < -0.3 is 4.74 Å². The highest BCUT2D eigenvalue weighted by molar-refractivity contribution is 6.02. The van der Waals surface area contributed by atoms with Crippen LogP contribution in [0.4, 0.5) is 26.3 Å². The Labute approximate surface area is 110 Å². The Bertz CT molecular complexity index is 490. The number of rotatable bonds is 4. The highest BCUT2D eigenvalue weighted by atomic mass is 19.4. The van der Waals surface area contributed by atoms with Crippen molar-refractivity contribution in [1.82, 2.24) is 0 Å². The van der Waals surface area contributed by atoms with Crippen LogP contribution in [0.5, 0.6) is 5.75 Å². The second-order valence-corrected chi connectivity index (χ2v) is 3.88. The molecule has 0 fully saturated rings. The molecule has 0 aromatic heterocycles. The van der Waals surface area contributed by atoms with Crippen LogP contribution in [-0.4, -0.2) is 18.6 Å². The van der Waals surface area contributed by atoms with Gasteiger partial charge in [0, 0.05) is 0 Å². The molecule has 1 aromatic carbocycles. The fourth-order valence-corrected chi connectivity index (χ4v) is 1.37. The number of ether oxygens (including phenoxy) is 1. The molecule has 1 rings (SSSR count). The van der Waals surface area contributed by atoms with Gasteiger partial charge in [-0.1, -0.05) is 6.92 Å². The molecule has 0 spiro atoms. The van der Waals surface area contributed by atoms with Gasteiger partial charge in [-0.15, -0.1) is 0 Å². The highest BCUT2D eigenvalue weighted by Crippen LogP contribution is 2.35. The average Bonchev–Trinajstić information content (AvgIpc) is 2.33. The molecule has 2 nitrogen and oxygen atoms in total. The molecular formula is C12H10F6O2. The van der Waals surface area contributed by atoms with Gasteiger partial charge in [0.25, 0.3) is 5.78 Å². The van der Waals surface area contributed by atoms with E-state index in [0.29, 0.717) is 12.5 Å². The number of hydrogen-bond acceptors (Lipinski definition) is 2. The first-order valence-corrected chi connectivity index (χ1v) is 5.53. The quantitative estimate of drug-likeness (QED) is 0.614. The lowest BCUT2D eigenvalue weighted by molar-refractivity contribution is -0.137. The van der Waals surface area contributed by atoms with Gasteiger partial charge in [0.05, 0.1) is 17.7 Å². The van der Waals surface area contributed by atoms with Gasteiger partial charge in [-0.3, -0.25) is 4.79 Å². The molecule has 0 N–H and O–H groups in total. The van der Waals surface area contributed by atoms with Crippen molar-refractivity contribution in [3.05, 3.63) is 29.3 Å². The van der Waals surface area contributed by atoms with Crippen LogP contribution in [-0.2, 0) is 6.18 Å². The first-order valence-electron chi connectivity index (χ1n) is 5.53. The number of ketones is 1. The second-order valence-electron chi connectivity index (χ2n) is 3.88. The molecule has 0 heterocycles. The lowest BCUT2D eigenvalue weighted by atomic mass is 10.1. The van der Waals surface area contributed by atoms with Crippen molar-refractivity contribution in [2.24, 2.45) is 0 Å². The van der Waals surface area contributed by atoms with Gasteiger partial charge in [-0.25, -0.2) is 0 Å². The van der Waals surface area contributed by atoms with Gasteiger partial charge in [0.15, 0.2) is 0 Å². The van der Waals surface area contributed by atoms with E-state index in [1.54, 1.807) is 6.92 Å². The van der Waals surface area contributed by atoms with Crippen molar-refractivity contribution in [1.29, 1.82) is 0 Å². The van der Waals surface area contributed by atoms with E-state index in [1.807, 2.05) is 0 Å². The van der Waals surface area contributed by atoms with Gasteiger partial charge in [-0.05, 0) is 24.6 Å². The molecule has 0 amide bonds. The van der Waals surface area contributed by atoms with E-state index in [-0.39, 0.29) is 12.7 Å². The van der Waals surface area contributed by atoms with E-state index in [4.69, 9.17) is 4.74 Å². The number of alkyl halides is 6. The Morgan fingerprint density at radius 3 is 2.20 bits per heavy atom. The van der Waals surface area contributed by atoms with E-state index in [1.165, 1.54) is 0 Å². The largest absolute Gasteiger partial charge is 0.493 e. The third-order valence-electron chi connectivity index (χ3n) is 2.27. The van der Waals surface area contributed by atoms with Crippen molar-refractivity contribution in [2.45, 2.75) is 25.7 Å². The number of hydrogen-bond donors (Lipinski definition) is 0. The monoisotopic (exact) mass is 300 g/mol. The van der Waals surface area contributed by atoms with Crippen molar-refractivity contribution in [3.63, 3.8) is 0 Å². The second kappa shape index (κ2) is 5.72. The summed E-state index contributed by atoms with van der Waals surface area (Å²) in [7, 11) is 0. The van der Waals surface area contributed by atoms with Gasteiger partial charge in [0.1, 0.15) is 5.75 Å². The summed E-state index contributed by atoms with van der Waals surface area (Å²) < 4.78 is 79.5. The summed E-state index contributed by atoms with van der Waals surface area (Å²) >= 11 is 0. The molecule has 0 aliphatic heterocycles. The first-order chi connectivity index (χ1) is 9.07. The number of carbonyl (C=O) groups is 1. The third kappa shape index (κ3) is 3.88. The minimum absolute atomic E-state index is 0.0104. The van der Waals surface area contributed by atoms with E-state index < -0.39 is 35.0 Å². The topological polar surface area (TPSA) is 26.3 Å². The van der Waals surface area contributed by atoms with Gasteiger partial charge in [-0.2, -0.15) is 26.3 Å². The number of halogens is 6. The van der Waals surface area contributed by atoms with Crippen molar-refractivity contribution in [3.8, 4) is 5.75 Å². The predicted octanol–water partition coefficient (Wildman–Crippen LogP) is 4.24. The summed E-state index contributed by atoms with van der Waals surface area (Å²) in [6, 6.07) is 1.44. The van der Waals surface area contributed by atoms with Crippen molar-refractivity contribution in [2.75, 3.05) is 6.61 Å². The molecule has 0 aliphatic carbocycles. The molecule has 0 radical (unpaired) electrons. The van der Waals surface area contributed by atoms with E-state index >= 15 is 0 Å². The standard InChI is InChI=1S/C12H10F6O2/c1-2-5-20-9-4-3-7(11(13,14)15)6-8(9)10(19)12(16,17)18/h3-4,6H,2,5H2,1H3. The Morgan fingerprint density at radius 1 is 1.15 bits per heavy atom. The molecule has 112 valence electrons. The minimum Gasteiger partial charge on any atom is -0.493 e. The molecule has 0 aliphatic rings. The maximum atomic E-state index is 12.5. The number of carbonyl (C=O) groups excluding carboxylic acids is 1. The molecule has 0 saturated carbocycles. The smallest absolute Gasteiger partial charge is 0.455 e. The molecule has 1 aromatic rings. The zero-order valence-electron chi connectivity index (χ0n) is 10.2. The zero-order chi connectivity index (χ0) is 15.6. The SMILES string of the molecule is CCCOc1ccc(C(F)(F)F)cc1C(=O)C(F)(F)F. The summed E-state index contributed by atoms with van der Waals surface area (Å²) in [5.74, 6) is -2.88. The summed E-state index contributed by atoms with van der Waals surface area (Å²) in [5.41, 5.74) is -2.48. The highest BCUT2D eigenvalue weighted by Gasteiger charge is 2.42. The molecule has 0 bridgehead atoms. The number of benzene rings is 1. The van der Waals surface area contributed by atoms with E-state index in [9.17, 15) is 31.1 Å². The maximum absolute atomic E-state index is 12.5. The maximum Gasteiger partial charge on any atom is 0.455 e. The molecule has 0 unspecified atom stereocenters. The fourth-order valence-electron chi connectivity index (χ4n) is 1.37. The Morgan fingerprint density at radius 2 is 1.75 bits per heavy atom. The van der Waals surface area contributed by atoms with Crippen molar-refractivity contribution >= 4 is 5.78 Å². The summed E-state index contributed by atoms with van der Waals surface area (Å²) in [6.45, 7) is 1.65. The normalized spacial score (nSPS) is 12.3. The van der Waals surface area contributed by atoms with Crippen LogP contribution in [0.1, 0.15) is 29.3 Å². The molecule has 20 heavy (non-hydrogen) atoms. The lowest BCUT2D eigenvalue weighted by Gasteiger charge is -2.14. The van der Waals surface area contributed by atoms with Crippen LogP contribution in [0, 0.1) is 0 Å². The van der Waals surface area contributed by atoms with Crippen LogP contribution in [0.2, 0.25) is 0 Å². The van der Waals surface area contributed by atoms with Crippen LogP contribution in [0.3, 0.4) is 0 Å². The van der Waals surface area contributed by atoms with E-state index in [0.717, 1.165) is 6.07 Å². The minimum atomic E-state index is -5.27. The van der Waals surface area contributed by atoms with Crippen LogP contribution < -0.4 is 4.74 Å². The first kappa shape index (κ1) is 16.3. The predicted molar refractivity (Wildman–Crippen MR) is 57.6 cm³/mol. The van der Waals surface area contributed by atoms with Crippen LogP contribution >= 0.6 is 0 Å². The summed E-state index contributed by atoms with van der Waals surface area (Å²) in [5, 5.41) is 0. The Hall–Kier alpha value is -1.73. The summed E-state index contributed by atoms with van der Waals surface area (Å²) in [4.78, 5) is 11.2. The van der Waals surface area contributed by atoms with Crippen molar-refractivity contribution < 1.29 is 35.9 Å². The lowest BCUT2D eigenvalue weighted by Crippen LogP contribution is -2.24. The average molecular weight is 300 g/mol. The molecule has 0 saturated heterocycles. The van der Waals surface area contributed by atoms with Gasteiger partial charge >= 0.3 is 12.4 Å². The van der Waals surface area contributed by atoms with E-state index in [2.05, 4.69) is 0 Å². The van der Waals surface area contributed by atoms with Crippen LogP contribution in [0.15, 0.2) is 18.2 Å². The molecular weight excluding hydrogens is 290 g/mol. The van der Waals surface area contributed by atoms with Crippen LogP contribution in [0.25, 0.3) is 0 Å². The molecule has 0 atom stereocenters. The fraction of sp³-hybridized carbons (Fsp3) is 0.417. The summed E-state index contributed by atoms with van der Waals surface area (Å²) in [6.07, 6.45) is -9.68. The third-order valence-corrected chi connectivity index (χ3v) is 2.27. The zero-order valence-corrected chi connectivity index (χ0v) is 10.2. The molecule has 8 heteroatoms.